The van der Waals surface area contributed by atoms with Crippen LogP contribution in [-0.2, 0) is 0 Å². The second kappa shape index (κ2) is 21.7. The van der Waals surface area contributed by atoms with Crippen molar-refractivity contribution in [3.05, 3.63) is 237 Å². The highest BCUT2D eigenvalue weighted by Crippen LogP contribution is 2.50. The monoisotopic (exact) mass is 1170 g/mol. The van der Waals surface area contributed by atoms with Crippen molar-refractivity contribution in [3.63, 3.8) is 0 Å². The Kier molecular flexibility index (Phi) is 14.3. The van der Waals surface area contributed by atoms with E-state index in [0.29, 0.717) is 0 Å². The lowest BCUT2D eigenvalue weighted by atomic mass is 10.0. The van der Waals surface area contributed by atoms with E-state index in [1.54, 1.807) is 0 Å². The number of hydrogen-bond acceptors (Lipinski definition) is 1. The van der Waals surface area contributed by atoms with Crippen LogP contribution in [0.2, 0.25) is 0 Å². The molecule has 0 aliphatic heterocycles. The summed E-state index contributed by atoms with van der Waals surface area (Å²) in [6.07, 6.45) is 25.1. The molecule has 0 fully saturated rings. The summed E-state index contributed by atoms with van der Waals surface area (Å²) in [5.74, 6) is 5.46. The largest absolute Gasteiger partial charge is 0.309 e. The molecule has 0 radical (unpaired) electrons. The molecule has 0 aliphatic carbocycles. The van der Waals surface area contributed by atoms with Crippen molar-refractivity contribution < 1.29 is 0 Å². The summed E-state index contributed by atoms with van der Waals surface area (Å²) >= 11 is 0. The van der Waals surface area contributed by atoms with Gasteiger partial charge in [0.25, 0.3) is 0 Å². The van der Waals surface area contributed by atoms with Gasteiger partial charge in [0.05, 0.1) is 22.1 Å². The molecule has 0 spiro atoms. The van der Waals surface area contributed by atoms with E-state index >= 15 is 0 Å². The smallest absolute Gasteiger partial charge is 0.0541 e. The van der Waals surface area contributed by atoms with Crippen molar-refractivity contribution in [1.29, 1.82) is 0 Å². The zero-order chi connectivity index (χ0) is 58.2. The van der Waals surface area contributed by atoms with Crippen LogP contribution in [0, 0.1) is 0 Å². The number of nitrogens with zero attached hydrogens (tertiary/aromatic N) is 3. The van der Waals surface area contributed by atoms with E-state index in [2.05, 4.69) is 303 Å². The maximum absolute atomic E-state index is 4.84. The average molecular weight is 1170 g/mol. The molecule has 0 saturated heterocycles. The zero-order valence-electron chi connectivity index (χ0n) is 49.9. The Labute approximate surface area is 504 Å². The van der Waals surface area contributed by atoms with Crippen molar-refractivity contribution in [2.45, 2.75) is 26.5 Å². The first-order valence-electron chi connectivity index (χ1n) is 28.7. The fourth-order valence-electron chi connectivity index (χ4n) is 11.9. The van der Waals surface area contributed by atoms with Crippen molar-refractivity contribution in [2.24, 2.45) is 0 Å². The number of fused-ring (bicyclic) bond motifs is 6. The number of hydrogen-bond donors (Lipinski definition) is 0. The molecular weight excluding hydrogens is 1100 g/mol. The van der Waals surface area contributed by atoms with Gasteiger partial charge in [-0.25, -0.2) is 30.1 Å². The van der Waals surface area contributed by atoms with Crippen LogP contribution in [0.15, 0.2) is 256 Å². The van der Waals surface area contributed by atoms with E-state index < -0.39 is 30.1 Å². The van der Waals surface area contributed by atoms with E-state index in [4.69, 9.17) is 4.98 Å². The molecule has 3 heterocycles. The molecular formula is C77H73N3S4. The second-order valence-electron chi connectivity index (χ2n) is 24.4. The minimum absolute atomic E-state index is 0.0369. The van der Waals surface area contributed by atoms with E-state index in [1.165, 1.54) is 113 Å². The van der Waals surface area contributed by atoms with Crippen LogP contribution in [0.3, 0.4) is 0 Å². The molecule has 0 aliphatic rings. The van der Waals surface area contributed by atoms with Gasteiger partial charge in [-0.1, -0.05) is 110 Å². The number of benzene rings is 10. The Morgan fingerprint density at radius 1 is 0.333 bits per heavy atom. The van der Waals surface area contributed by atoms with Crippen LogP contribution in [-0.4, -0.2) is 82.0 Å². The van der Waals surface area contributed by atoms with Gasteiger partial charge >= 0.3 is 0 Å². The fourth-order valence-corrected chi connectivity index (χ4v) is 15.6. The molecule has 3 nitrogen and oxygen atoms in total. The number of pyridine rings is 1. The molecule has 3 aromatic heterocycles. The SMILES string of the molecule is C=[S@@](C)c1ccc(-c2ccc3c(c2)c2cc(-c4ccc(S(C)(C)C)cc4)ccc2n3-c2ccc(-c3cncc(-c4ccc(-n5c6ccc(-c7ccc(S(C)(C)C)cc7)cc6c6cc(-c7ccc(S(C)(C)CC)cc7)ccc65)cc4)c3)cc2)cc1. The van der Waals surface area contributed by atoms with E-state index in [0.717, 1.165) is 33.6 Å². The lowest BCUT2D eigenvalue weighted by molar-refractivity contribution is 1.18. The molecule has 0 bridgehead atoms. The van der Waals surface area contributed by atoms with E-state index in [9.17, 15) is 0 Å². The minimum atomic E-state index is -0.819. The first-order valence-corrected chi connectivity index (χ1v) is 38.8. The van der Waals surface area contributed by atoms with Crippen LogP contribution in [0.1, 0.15) is 6.92 Å². The van der Waals surface area contributed by atoms with Gasteiger partial charge in [0.2, 0.25) is 0 Å². The molecule has 0 amide bonds. The third-order valence-corrected chi connectivity index (χ3v) is 24.6. The lowest BCUT2D eigenvalue weighted by Gasteiger charge is -2.30. The van der Waals surface area contributed by atoms with Crippen molar-refractivity contribution >= 4 is 90.1 Å². The number of aromatic nitrogens is 3. The van der Waals surface area contributed by atoms with Gasteiger partial charge in [-0.2, -0.15) is 10.5 Å². The van der Waals surface area contributed by atoms with Crippen LogP contribution in [0.4, 0.5) is 0 Å². The Hall–Kier alpha value is -7.78. The summed E-state index contributed by atoms with van der Waals surface area (Å²) in [6, 6.07) is 85.0. The summed E-state index contributed by atoms with van der Waals surface area (Å²) in [5.41, 5.74) is 21.2. The van der Waals surface area contributed by atoms with E-state index in [-0.39, 0.29) is 10.5 Å². The Balaban J connectivity index is 0.833. The highest BCUT2D eigenvalue weighted by atomic mass is 32.3. The summed E-state index contributed by atoms with van der Waals surface area (Å²) in [7, 11) is -2.49. The third-order valence-electron chi connectivity index (χ3n) is 17.1. The molecule has 1 atom stereocenters. The van der Waals surface area contributed by atoms with Crippen LogP contribution < -0.4 is 0 Å². The van der Waals surface area contributed by atoms with Crippen LogP contribution in [0.5, 0.6) is 0 Å². The first-order chi connectivity index (χ1) is 40.4. The summed E-state index contributed by atoms with van der Waals surface area (Å²) in [6.45, 7) is 2.31. The molecule has 7 heteroatoms. The normalized spacial score (nSPS) is 13.3. The molecule has 0 unspecified atom stereocenters. The summed E-state index contributed by atoms with van der Waals surface area (Å²) < 4.78 is 4.86. The van der Waals surface area contributed by atoms with Gasteiger partial charge in [0.1, 0.15) is 0 Å². The number of rotatable bonds is 13. The van der Waals surface area contributed by atoms with Gasteiger partial charge in [0, 0.05) is 61.3 Å². The predicted molar refractivity (Wildman–Crippen MR) is 380 cm³/mol. The van der Waals surface area contributed by atoms with Crippen LogP contribution in [0.25, 0.3) is 122 Å². The van der Waals surface area contributed by atoms with Crippen molar-refractivity contribution in [2.75, 3.05) is 62.1 Å². The van der Waals surface area contributed by atoms with E-state index in [1.807, 2.05) is 12.4 Å². The van der Waals surface area contributed by atoms with Crippen molar-refractivity contribution in [3.8, 4) is 78.1 Å². The fraction of sp³-hybridized carbons (Fsp3) is 0.143. The van der Waals surface area contributed by atoms with Crippen molar-refractivity contribution in [1.82, 2.24) is 14.1 Å². The van der Waals surface area contributed by atoms with Gasteiger partial charge in [-0.05, 0) is 260 Å². The summed E-state index contributed by atoms with van der Waals surface area (Å²) in [5, 5.41) is 4.96. The minimum Gasteiger partial charge on any atom is -0.309 e. The van der Waals surface area contributed by atoms with Crippen LogP contribution >= 0.6 is 40.6 Å². The van der Waals surface area contributed by atoms with Gasteiger partial charge in [0.15, 0.2) is 0 Å². The molecule has 0 N–H and O–H groups in total. The Morgan fingerprint density at radius 2 is 0.607 bits per heavy atom. The zero-order valence-corrected chi connectivity index (χ0v) is 53.2. The highest BCUT2D eigenvalue weighted by Gasteiger charge is 2.20. The molecule has 13 aromatic rings. The lowest BCUT2D eigenvalue weighted by Crippen LogP contribution is -1.98. The molecule has 0 saturated carbocycles. The highest BCUT2D eigenvalue weighted by molar-refractivity contribution is 8.33. The van der Waals surface area contributed by atoms with Gasteiger partial charge < -0.3 is 9.13 Å². The predicted octanol–water partition coefficient (Wildman–Crippen LogP) is 21.5. The molecule has 420 valence electrons. The molecule has 84 heavy (non-hydrogen) atoms. The third kappa shape index (κ3) is 10.4. The Morgan fingerprint density at radius 3 is 0.905 bits per heavy atom. The average Bonchev–Trinajstić information content (AvgIpc) is 1.94. The standard InChI is InChI=1S/C77H73N3S4/c1-12-84(10,11)69-39-23-55(24-40-69)61-28-44-77-73(49-61)72-48-60(54-21-37-68(38-22-54)83(7,8)9)27-43-76(72)80(77)65-31-15-57(16-32-65)63-45-62(50-78-51-63)56-13-29-64(30-14-56)79-74-41-25-58(52-17-33-66(34-18-52)81(2)3)46-70(74)71-47-59(26-42-75(71)79)53-19-35-67(36-20-53)82(4,5)6/h13-51H,2,12H2,1,3-11H3/t81-/m0/s1. The maximum atomic E-state index is 4.84. The van der Waals surface area contributed by atoms with Gasteiger partial charge in [-0.3, -0.25) is 4.98 Å². The maximum Gasteiger partial charge on any atom is 0.0541 e. The Bertz CT molecular complexity index is 4650. The summed E-state index contributed by atoms with van der Waals surface area (Å²) in [4.78, 5) is 10.4. The molecule has 10 aromatic carbocycles. The topological polar surface area (TPSA) is 22.8 Å². The first kappa shape index (κ1) is 55.4. The molecule has 13 rings (SSSR count). The second-order valence-corrected chi connectivity index (χ2v) is 38.6. The van der Waals surface area contributed by atoms with Gasteiger partial charge in [-0.15, -0.1) is 0 Å². The quantitative estimate of drug-likeness (QED) is 0.106.